The first-order valence-electron chi connectivity index (χ1n) is 10.2. The highest BCUT2D eigenvalue weighted by Gasteiger charge is 2.25. The first-order chi connectivity index (χ1) is 14.6. The molecule has 3 heterocycles. The second-order valence-electron chi connectivity index (χ2n) is 7.78. The Labute approximate surface area is 172 Å². The summed E-state index contributed by atoms with van der Waals surface area (Å²) in [5.41, 5.74) is 3.42. The molecular formula is C23H23N3O4. The van der Waals surface area contributed by atoms with Crippen molar-refractivity contribution in [1.82, 2.24) is 14.5 Å². The number of hydrogen-bond acceptors (Lipinski definition) is 4. The van der Waals surface area contributed by atoms with Gasteiger partial charge in [0.05, 0.1) is 13.2 Å². The van der Waals surface area contributed by atoms with Crippen molar-refractivity contribution in [1.29, 1.82) is 0 Å². The fourth-order valence-electron chi connectivity index (χ4n) is 3.96. The van der Waals surface area contributed by atoms with Crippen molar-refractivity contribution in [3.63, 3.8) is 0 Å². The molecule has 30 heavy (non-hydrogen) atoms. The first-order valence-corrected chi connectivity index (χ1v) is 10.2. The summed E-state index contributed by atoms with van der Waals surface area (Å²) in [6.45, 7) is 2.76. The van der Waals surface area contributed by atoms with E-state index in [0.717, 1.165) is 33.2 Å². The number of hydrogen-bond donors (Lipinski definition) is 2. The van der Waals surface area contributed by atoms with Crippen molar-refractivity contribution in [2.75, 3.05) is 13.2 Å². The number of fused-ring (bicyclic) bond motifs is 2. The van der Waals surface area contributed by atoms with Crippen LogP contribution >= 0.6 is 0 Å². The van der Waals surface area contributed by atoms with E-state index in [1.807, 2.05) is 36.0 Å². The van der Waals surface area contributed by atoms with Crippen LogP contribution < -0.4 is 10.3 Å². The molecule has 7 nitrogen and oxygen atoms in total. The average Bonchev–Trinajstić information content (AvgIpc) is 3.35. The van der Waals surface area contributed by atoms with Gasteiger partial charge in [-0.2, -0.15) is 0 Å². The Bertz CT molecular complexity index is 1320. The van der Waals surface area contributed by atoms with Crippen LogP contribution in [0.5, 0.6) is 5.75 Å². The van der Waals surface area contributed by atoms with Crippen molar-refractivity contribution in [2.45, 2.75) is 19.8 Å². The summed E-state index contributed by atoms with van der Waals surface area (Å²) in [6, 6.07) is 7.55. The van der Waals surface area contributed by atoms with Crippen molar-refractivity contribution in [2.24, 2.45) is 13.0 Å². The molecule has 154 valence electrons. The molecule has 0 saturated heterocycles. The maximum atomic E-state index is 12.4. The van der Waals surface area contributed by atoms with Crippen LogP contribution in [0.3, 0.4) is 0 Å². The standard InChI is InChI=1S/C23H23N3O4/c1-3-29-23(28)18-10-15-17(25-18)6-7-19(30-12-13-4-5-13)20(15)16-11-26(2)21-14(16)8-9-24-22(21)27/h6-11,13,25H,3-5,12H2,1-2H3,(H,24,27). The summed E-state index contributed by atoms with van der Waals surface area (Å²) >= 11 is 0. The van der Waals surface area contributed by atoms with Crippen LogP contribution in [0, 0.1) is 5.92 Å². The highest BCUT2D eigenvalue weighted by Crippen LogP contribution is 2.42. The van der Waals surface area contributed by atoms with E-state index in [4.69, 9.17) is 9.47 Å². The van der Waals surface area contributed by atoms with E-state index >= 15 is 0 Å². The molecule has 3 aromatic heterocycles. The van der Waals surface area contributed by atoms with Crippen molar-refractivity contribution < 1.29 is 14.3 Å². The number of aromatic amines is 2. The lowest BCUT2D eigenvalue weighted by Gasteiger charge is -2.12. The van der Waals surface area contributed by atoms with Gasteiger partial charge in [-0.15, -0.1) is 0 Å². The fraction of sp³-hybridized carbons (Fsp3) is 0.304. The molecule has 4 aromatic rings. The molecule has 5 rings (SSSR count). The largest absolute Gasteiger partial charge is 0.493 e. The van der Waals surface area contributed by atoms with Gasteiger partial charge < -0.3 is 24.0 Å². The van der Waals surface area contributed by atoms with Crippen LogP contribution in [0.25, 0.3) is 32.9 Å². The predicted molar refractivity (Wildman–Crippen MR) is 115 cm³/mol. The minimum atomic E-state index is -0.394. The number of nitrogens with one attached hydrogen (secondary N) is 2. The van der Waals surface area contributed by atoms with E-state index < -0.39 is 5.97 Å². The maximum Gasteiger partial charge on any atom is 0.354 e. The number of rotatable bonds is 6. The number of ether oxygens (including phenoxy) is 2. The molecule has 0 bridgehead atoms. The Kier molecular flexibility index (Phi) is 4.38. The van der Waals surface area contributed by atoms with Crippen molar-refractivity contribution in [3.05, 3.63) is 52.7 Å². The van der Waals surface area contributed by atoms with Crippen LogP contribution in [0.1, 0.15) is 30.3 Å². The maximum absolute atomic E-state index is 12.4. The highest BCUT2D eigenvalue weighted by molar-refractivity contribution is 6.08. The van der Waals surface area contributed by atoms with Gasteiger partial charge in [0.2, 0.25) is 0 Å². The third-order valence-electron chi connectivity index (χ3n) is 5.60. The Morgan fingerprint density at radius 3 is 2.83 bits per heavy atom. The van der Waals surface area contributed by atoms with Gasteiger partial charge in [0.25, 0.3) is 5.56 Å². The number of nitrogens with zero attached hydrogens (tertiary/aromatic N) is 1. The summed E-state index contributed by atoms with van der Waals surface area (Å²) in [4.78, 5) is 30.6. The van der Waals surface area contributed by atoms with E-state index in [1.165, 1.54) is 12.8 Å². The van der Waals surface area contributed by atoms with Crippen LogP contribution in [-0.4, -0.2) is 33.7 Å². The van der Waals surface area contributed by atoms with Crippen LogP contribution in [-0.2, 0) is 11.8 Å². The third kappa shape index (κ3) is 3.07. The van der Waals surface area contributed by atoms with Gasteiger partial charge in [0.15, 0.2) is 0 Å². The molecule has 7 heteroatoms. The van der Waals surface area contributed by atoms with Crippen LogP contribution in [0.15, 0.2) is 41.5 Å². The molecular weight excluding hydrogens is 382 g/mol. The molecule has 0 aliphatic heterocycles. The molecule has 1 saturated carbocycles. The Morgan fingerprint density at radius 1 is 1.23 bits per heavy atom. The topological polar surface area (TPSA) is 89.1 Å². The number of benzene rings is 1. The zero-order valence-corrected chi connectivity index (χ0v) is 17.0. The second kappa shape index (κ2) is 7.09. The number of esters is 1. The van der Waals surface area contributed by atoms with Crippen molar-refractivity contribution in [3.8, 4) is 16.9 Å². The van der Waals surface area contributed by atoms with Gasteiger partial charge in [-0.3, -0.25) is 4.79 Å². The Morgan fingerprint density at radius 2 is 2.07 bits per heavy atom. The normalized spacial score (nSPS) is 13.8. The lowest BCUT2D eigenvalue weighted by Crippen LogP contribution is -2.07. The quantitative estimate of drug-likeness (QED) is 0.475. The molecule has 0 atom stereocenters. The Balaban J connectivity index is 1.75. The summed E-state index contributed by atoms with van der Waals surface area (Å²) < 4.78 is 13.2. The van der Waals surface area contributed by atoms with Crippen LogP contribution in [0.4, 0.5) is 0 Å². The van der Waals surface area contributed by atoms with E-state index in [-0.39, 0.29) is 5.56 Å². The van der Waals surface area contributed by atoms with E-state index in [1.54, 1.807) is 19.2 Å². The van der Waals surface area contributed by atoms with E-state index in [9.17, 15) is 9.59 Å². The van der Waals surface area contributed by atoms with Gasteiger partial charge in [-0.25, -0.2) is 4.79 Å². The molecule has 0 unspecified atom stereocenters. The SMILES string of the molecule is CCOC(=O)c1cc2c(-c3cn(C)c4c(=O)[nH]ccc34)c(OCC3CC3)ccc2[nH]1. The lowest BCUT2D eigenvalue weighted by molar-refractivity contribution is 0.0520. The predicted octanol–water partition coefficient (Wildman–Crippen LogP) is 3.98. The van der Waals surface area contributed by atoms with E-state index in [0.29, 0.717) is 30.3 Å². The number of carbonyl (C=O) groups is 1. The van der Waals surface area contributed by atoms with Gasteiger partial charge in [-0.1, -0.05) is 0 Å². The van der Waals surface area contributed by atoms with Gasteiger partial charge >= 0.3 is 5.97 Å². The summed E-state index contributed by atoms with van der Waals surface area (Å²) in [6.07, 6.45) is 5.98. The zero-order chi connectivity index (χ0) is 20.8. The highest BCUT2D eigenvalue weighted by atomic mass is 16.5. The molecule has 0 spiro atoms. The molecule has 1 aromatic carbocycles. The second-order valence-corrected chi connectivity index (χ2v) is 7.78. The molecule has 0 radical (unpaired) electrons. The van der Waals surface area contributed by atoms with Crippen molar-refractivity contribution >= 4 is 27.8 Å². The minimum absolute atomic E-state index is 0.143. The molecule has 1 fully saturated rings. The number of aryl methyl sites for hydroxylation is 1. The fourth-order valence-corrected chi connectivity index (χ4v) is 3.96. The van der Waals surface area contributed by atoms with Gasteiger partial charge in [0.1, 0.15) is 17.0 Å². The third-order valence-corrected chi connectivity index (χ3v) is 5.60. The molecule has 1 aliphatic carbocycles. The number of carbonyl (C=O) groups excluding carboxylic acids is 1. The Hall–Kier alpha value is -3.48. The number of H-pyrrole nitrogens is 2. The minimum Gasteiger partial charge on any atom is -0.493 e. The summed E-state index contributed by atoms with van der Waals surface area (Å²) in [5, 5.41) is 1.70. The number of pyridine rings is 1. The summed E-state index contributed by atoms with van der Waals surface area (Å²) in [7, 11) is 1.85. The average molecular weight is 405 g/mol. The van der Waals surface area contributed by atoms with Gasteiger partial charge in [-0.05, 0) is 49.9 Å². The van der Waals surface area contributed by atoms with Crippen LogP contribution in [0.2, 0.25) is 0 Å². The molecule has 1 aliphatic rings. The number of aromatic nitrogens is 3. The first kappa shape index (κ1) is 18.5. The van der Waals surface area contributed by atoms with Gasteiger partial charge in [0, 0.05) is 46.9 Å². The molecule has 2 N–H and O–H groups in total. The zero-order valence-electron chi connectivity index (χ0n) is 17.0. The lowest BCUT2D eigenvalue weighted by atomic mass is 10.00. The smallest absolute Gasteiger partial charge is 0.354 e. The molecule has 0 amide bonds. The summed E-state index contributed by atoms with van der Waals surface area (Å²) in [5.74, 6) is 0.955. The monoisotopic (exact) mass is 405 g/mol. The van der Waals surface area contributed by atoms with E-state index in [2.05, 4.69) is 9.97 Å².